The minimum atomic E-state index is 0.607. The molecule has 2 N–H and O–H groups in total. The summed E-state index contributed by atoms with van der Waals surface area (Å²) in [5, 5.41) is 2.09. The molecule has 130 valence electrons. The van der Waals surface area contributed by atoms with Crippen molar-refractivity contribution in [2.45, 2.75) is 0 Å². The largest absolute Gasteiger partial charge is 0.493 e. The lowest BCUT2D eigenvalue weighted by Gasteiger charge is -2.14. The molecular formula is C20H21NO4. The van der Waals surface area contributed by atoms with E-state index in [0.717, 1.165) is 21.9 Å². The monoisotopic (exact) mass is 339 g/mol. The average molecular weight is 339 g/mol. The van der Waals surface area contributed by atoms with Gasteiger partial charge in [0.2, 0.25) is 0 Å². The van der Waals surface area contributed by atoms with Crippen LogP contribution >= 0.6 is 0 Å². The van der Waals surface area contributed by atoms with Crippen molar-refractivity contribution in [2.75, 3.05) is 34.2 Å². The third kappa shape index (κ3) is 3.01. The fourth-order valence-corrected chi connectivity index (χ4v) is 2.89. The van der Waals surface area contributed by atoms with Crippen molar-refractivity contribution in [1.82, 2.24) is 0 Å². The number of fused-ring (bicyclic) bond motifs is 1. The summed E-state index contributed by atoms with van der Waals surface area (Å²) >= 11 is 0. The number of anilines is 1. The van der Waals surface area contributed by atoms with Gasteiger partial charge in [-0.25, -0.2) is 0 Å². The number of ether oxygens (including phenoxy) is 4. The minimum absolute atomic E-state index is 0.607. The fourth-order valence-electron chi connectivity index (χ4n) is 2.89. The quantitative estimate of drug-likeness (QED) is 0.708. The van der Waals surface area contributed by atoms with Crippen molar-refractivity contribution in [3.8, 4) is 34.1 Å². The molecule has 3 rings (SSSR count). The molecule has 3 aromatic rings. The van der Waals surface area contributed by atoms with Gasteiger partial charge in [-0.2, -0.15) is 0 Å². The zero-order chi connectivity index (χ0) is 18.0. The van der Waals surface area contributed by atoms with Gasteiger partial charge in [-0.3, -0.25) is 0 Å². The first-order valence-corrected chi connectivity index (χ1v) is 7.79. The summed E-state index contributed by atoms with van der Waals surface area (Å²) < 4.78 is 21.4. The molecule has 0 bridgehead atoms. The molecule has 0 amide bonds. The van der Waals surface area contributed by atoms with Crippen molar-refractivity contribution in [3.05, 3.63) is 42.5 Å². The van der Waals surface area contributed by atoms with E-state index < -0.39 is 0 Å². The highest BCUT2D eigenvalue weighted by Gasteiger charge is 2.12. The summed E-state index contributed by atoms with van der Waals surface area (Å²) in [7, 11) is 6.45. The summed E-state index contributed by atoms with van der Waals surface area (Å²) in [5.41, 5.74) is 8.71. The Morgan fingerprint density at radius 3 is 1.72 bits per heavy atom. The summed E-state index contributed by atoms with van der Waals surface area (Å²) in [6.45, 7) is 0. The van der Waals surface area contributed by atoms with Crippen molar-refractivity contribution >= 4 is 16.5 Å². The zero-order valence-electron chi connectivity index (χ0n) is 14.8. The predicted octanol–water partition coefficient (Wildman–Crippen LogP) is 4.12. The summed E-state index contributed by atoms with van der Waals surface area (Å²) in [5.74, 6) is 2.64. The van der Waals surface area contributed by atoms with Crippen LogP contribution in [0, 0.1) is 0 Å². The molecule has 0 saturated heterocycles. The first-order valence-electron chi connectivity index (χ1n) is 7.79. The lowest BCUT2D eigenvalue weighted by molar-refractivity contribution is 0.355. The van der Waals surface area contributed by atoms with Gasteiger partial charge in [0, 0.05) is 17.3 Å². The average Bonchev–Trinajstić information content (AvgIpc) is 2.65. The number of benzene rings is 3. The Hall–Kier alpha value is -3.08. The molecule has 5 heteroatoms. The maximum atomic E-state index is 6.22. The summed E-state index contributed by atoms with van der Waals surface area (Å²) in [4.78, 5) is 0. The maximum absolute atomic E-state index is 6.22. The van der Waals surface area contributed by atoms with E-state index in [2.05, 4.69) is 6.07 Å². The van der Waals surface area contributed by atoms with Crippen LogP contribution in [0.15, 0.2) is 42.5 Å². The molecule has 0 heterocycles. The highest BCUT2D eigenvalue weighted by molar-refractivity contribution is 5.92. The molecule has 0 radical (unpaired) electrons. The second kappa shape index (κ2) is 6.81. The van der Waals surface area contributed by atoms with Crippen LogP contribution in [0.5, 0.6) is 23.0 Å². The highest BCUT2D eigenvalue weighted by atomic mass is 16.5. The molecular weight excluding hydrogens is 318 g/mol. The lowest BCUT2D eigenvalue weighted by Crippen LogP contribution is -1.96. The van der Waals surface area contributed by atoms with Crippen molar-refractivity contribution < 1.29 is 18.9 Å². The standard InChI is InChI=1S/C20H21NO4/c1-22-17-8-12-5-6-13(7-14(12)9-18(17)23-2)15-10-19(24-3)20(25-4)11-16(15)21/h5-11H,21H2,1-4H3. The molecule has 0 aliphatic carbocycles. The second-order valence-electron chi connectivity index (χ2n) is 5.56. The van der Waals surface area contributed by atoms with Gasteiger partial charge in [-0.15, -0.1) is 0 Å². The highest BCUT2D eigenvalue weighted by Crippen LogP contribution is 2.39. The molecule has 0 aliphatic heterocycles. The van der Waals surface area contributed by atoms with E-state index in [9.17, 15) is 0 Å². The molecule has 0 atom stereocenters. The molecule has 0 fully saturated rings. The van der Waals surface area contributed by atoms with Gasteiger partial charge in [0.05, 0.1) is 28.4 Å². The van der Waals surface area contributed by atoms with E-state index in [1.165, 1.54) is 0 Å². The third-order valence-corrected chi connectivity index (χ3v) is 4.21. The van der Waals surface area contributed by atoms with Crippen LogP contribution < -0.4 is 24.7 Å². The normalized spacial score (nSPS) is 10.6. The van der Waals surface area contributed by atoms with E-state index in [1.54, 1.807) is 34.5 Å². The van der Waals surface area contributed by atoms with Crippen molar-refractivity contribution in [2.24, 2.45) is 0 Å². The van der Waals surface area contributed by atoms with Crippen LogP contribution in [0.25, 0.3) is 21.9 Å². The van der Waals surface area contributed by atoms with Crippen molar-refractivity contribution in [1.29, 1.82) is 0 Å². The topological polar surface area (TPSA) is 62.9 Å². The van der Waals surface area contributed by atoms with Gasteiger partial charge in [0.25, 0.3) is 0 Å². The van der Waals surface area contributed by atoms with E-state index in [1.807, 2.05) is 30.3 Å². The van der Waals surface area contributed by atoms with Crippen molar-refractivity contribution in [3.63, 3.8) is 0 Å². The molecule has 0 unspecified atom stereocenters. The number of nitrogen functional groups attached to an aromatic ring is 1. The van der Waals surface area contributed by atoms with E-state index in [-0.39, 0.29) is 0 Å². The first kappa shape index (κ1) is 16.8. The number of rotatable bonds is 5. The number of hydrogen-bond acceptors (Lipinski definition) is 5. The Labute approximate surface area is 146 Å². The van der Waals surface area contributed by atoms with E-state index >= 15 is 0 Å². The van der Waals surface area contributed by atoms with Crippen LogP contribution in [0.3, 0.4) is 0 Å². The molecule has 0 saturated carbocycles. The summed E-state index contributed by atoms with van der Waals surface area (Å²) in [6, 6.07) is 13.7. The zero-order valence-corrected chi connectivity index (χ0v) is 14.8. The SMILES string of the molecule is COc1cc(N)c(-c2ccc3cc(OC)c(OC)cc3c2)cc1OC. The molecule has 0 spiro atoms. The van der Waals surface area contributed by atoms with Gasteiger partial charge in [0.15, 0.2) is 23.0 Å². The molecule has 0 aliphatic rings. The molecule has 0 aromatic heterocycles. The number of hydrogen-bond donors (Lipinski definition) is 1. The molecule has 25 heavy (non-hydrogen) atoms. The van der Waals surface area contributed by atoms with Crippen LogP contribution in [0.1, 0.15) is 0 Å². The van der Waals surface area contributed by atoms with Gasteiger partial charge >= 0.3 is 0 Å². The van der Waals surface area contributed by atoms with Crippen LogP contribution in [-0.4, -0.2) is 28.4 Å². The van der Waals surface area contributed by atoms with Gasteiger partial charge in [-0.05, 0) is 40.6 Å². The fraction of sp³-hybridized carbons (Fsp3) is 0.200. The Balaban J connectivity index is 2.16. The van der Waals surface area contributed by atoms with E-state index in [0.29, 0.717) is 28.7 Å². The van der Waals surface area contributed by atoms with Crippen LogP contribution in [-0.2, 0) is 0 Å². The number of nitrogens with two attached hydrogens (primary N) is 1. The Morgan fingerprint density at radius 1 is 0.600 bits per heavy atom. The Kier molecular flexibility index (Phi) is 4.57. The van der Waals surface area contributed by atoms with Gasteiger partial charge in [-0.1, -0.05) is 12.1 Å². The third-order valence-electron chi connectivity index (χ3n) is 4.21. The first-order chi connectivity index (χ1) is 12.1. The Morgan fingerprint density at radius 2 is 1.12 bits per heavy atom. The molecule has 5 nitrogen and oxygen atoms in total. The smallest absolute Gasteiger partial charge is 0.162 e. The Bertz CT molecular complexity index is 921. The number of methoxy groups -OCH3 is 4. The van der Waals surface area contributed by atoms with E-state index in [4.69, 9.17) is 24.7 Å². The van der Waals surface area contributed by atoms with Gasteiger partial charge in [0.1, 0.15) is 0 Å². The van der Waals surface area contributed by atoms with Gasteiger partial charge < -0.3 is 24.7 Å². The second-order valence-corrected chi connectivity index (χ2v) is 5.56. The summed E-state index contributed by atoms with van der Waals surface area (Å²) in [6.07, 6.45) is 0. The molecule has 3 aromatic carbocycles. The predicted molar refractivity (Wildman–Crippen MR) is 100 cm³/mol. The van der Waals surface area contributed by atoms with Crippen LogP contribution in [0.4, 0.5) is 5.69 Å². The maximum Gasteiger partial charge on any atom is 0.162 e. The lowest BCUT2D eigenvalue weighted by atomic mass is 9.99. The minimum Gasteiger partial charge on any atom is -0.493 e. The van der Waals surface area contributed by atoms with Crippen LogP contribution in [0.2, 0.25) is 0 Å².